The number of benzene rings is 1. The van der Waals surface area contributed by atoms with E-state index in [-0.39, 0.29) is 5.97 Å². The van der Waals surface area contributed by atoms with Gasteiger partial charge in [-0.15, -0.1) is 0 Å². The molecule has 1 aliphatic heterocycles. The van der Waals surface area contributed by atoms with Gasteiger partial charge < -0.3 is 14.8 Å². The molecule has 1 fully saturated rings. The van der Waals surface area contributed by atoms with Gasteiger partial charge in [-0.05, 0) is 43.9 Å². The van der Waals surface area contributed by atoms with Gasteiger partial charge in [0.1, 0.15) is 0 Å². The van der Waals surface area contributed by atoms with Crippen molar-refractivity contribution >= 4 is 11.7 Å². The normalized spacial score (nSPS) is 19.6. The fourth-order valence-corrected chi connectivity index (χ4v) is 2.39. The molecule has 0 radical (unpaired) electrons. The van der Waals surface area contributed by atoms with E-state index in [2.05, 4.69) is 5.32 Å². The first-order valence-corrected chi connectivity index (χ1v) is 6.74. The van der Waals surface area contributed by atoms with E-state index < -0.39 is 0 Å². The monoisotopic (exact) mass is 263 g/mol. The van der Waals surface area contributed by atoms with Crippen molar-refractivity contribution in [2.24, 2.45) is 0 Å². The zero-order valence-electron chi connectivity index (χ0n) is 11.6. The number of nitrogens with one attached hydrogen (secondary N) is 1. The van der Waals surface area contributed by atoms with E-state index in [0.717, 1.165) is 43.7 Å². The lowest BCUT2D eigenvalue weighted by molar-refractivity contribution is 0.0600. The topological polar surface area (TPSA) is 47.6 Å². The van der Waals surface area contributed by atoms with Crippen LogP contribution in [0.15, 0.2) is 18.2 Å². The molecule has 0 spiro atoms. The highest BCUT2D eigenvalue weighted by atomic mass is 16.5. The predicted molar refractivity (Wildman–Crippen MR) is 74.6 cm³/mol. The molecule has 1 aromatic carbocycles. The van der Waals surface area contributed by atoms with Crippen LogP contribution in [0.4, 0.5) is 5.69 Å². The number of hydrogen-bond acceptors (Lipinski definition) is 4. The number of carbonyl (C=O) groups excluding carboxylic acids is 1. The molecule has 19 heavy (non-hydrogen) atoms. The van der Waals surface area contributed by atoms with E-state index >= 15 is 0 Å². The number of methoxy groups -OCH3 is 1. The Morgan fingerprint density at radius 1 is 1.37 bits per heavy atom. The highest BCUT2D eigenvalue weighted by Crippen LogP contribution is 2.22. The predicted octanol–water partition coefficient (Wildman–Crippen LogP) is 2.76. The fourth-order valence-electron chi connectivity index (χ4n) is 2.39. The number of ether oxygens (including phenoxy) is 2. The third-order valence-electron chi connectivity index (χ3n) is 3.55. The van der Waals surface area contributed by atoms with Crippen LogP contribution in [0.5, 0.6) is 0 Å². The molecule has 0 amide bonds. The lowest BCUT2D eigenvalue weighted by Crippen LogP contribution is -2.20. The summed E-state index contributed by atoms with van der Waals surface area (Å²) in [7, 11) is 1.41. The Balaban J connectivity index is 2.13. The van der Waals surface area contributed by atoms with Crippen LogP contribution in [0.25, 0.3) is 0 Å². The van der Waals surface area contributed by atoms with Crippen molar-refractivity contribution in [1.29, 1.82) is 0 Å². The fraction of sp³-hybridized carbons (Fsp3) is 0.533. The first-order chi connectivity index (χ1) is 9.22. The highest BCUT2D eigenvalue weighted by Gasteiger charge is 2.16. The lowest BCUT2D eigenvalue weighted by atomic mass is 10.0. The van der Waals surface area contributed by atoms with E-state index in [0.29, 0.717) is 11.6 Å². The van der Waals surface area contributed by atoms with Crippen molar-refractivity contribution in [2.75, 3.05) is 25.6 Å². The van der Waals surface area contributed by atoms with Crippen molar-refractivity contribution in [1.82, 2.24) is 0 Å². The Morgan fingerprint density at radius 2 is 2.21 bits per heavy atom. The molecule has 1 aromatic rings. The van der Waals surface area contributed by atoms with Gasteiger partial charge in [0.25, 0.3) is 0 Å². The number of hydrogen-bond donors (Lipinski definition) is 1. The van der Waals surface area contributed by atoms with Crippen LogP contribution in [0.2, 0.25) is 0 Å². The summed E-state index contributed by atoms with van der Waals surface area (Å²) in [5, 5.41) is 3.52. The molecular formula is C15H21NO3. The van der Waals surface area contributed by atoms with Gasteiger partial charge in [0.2, 0.25) is 0 Å². The van der Waals surface area contributed by atoms with Crippen LogP contribution in [-0.4, -0.2) is 32.3 Å². The van der Waals surface area contributed by atoms with Crippen molar-refractivity contribution in [3.8, 4) is 0 Å². The maximum absolute atomic E-state index is 11.7. The first-order valence-electron chi connectivity index (χ1n) is 6.74. The molecule has 1 N–H and O–H groups in total. The van der Waals surface area contributed by atoms with Gasteiger partial charge >= 0.3 is 5.97 Å². The van der Waals surface area contributed by atoms with Crippen LogP contribution in [0.3, 0.4) is 0 Å². The van der Waals surface area contributed by atoms with Gasteiger partial charge in [-0.25, -0.2) is 4.79 Å². The summed E-state index contributed by atoms with van der Waals surface area (Å²) in [6.07, 6.45) is 3.18. The van der Waals surface area contributed by atoms with Crippen molar-refractivity contribution < 1.29 is 14.3 Å². The summed E-state index contributed by atoms with van der Waals surface area (Å²) in [5.41, 5.74) is 2.58. The molecule has 1 atom stereocenters. The Bertz CT molecular complexity index is 437. The van der Waals surface area contributed by atoms with Crippen LogP contribution >= 0.6 is 0 Å². The summed E-state index contributed by atoms with van der Waals surface area (Å²) < 4.78 is 10.3. The standard InChI is InChI=1S/C15H21NO3/c1-11-13(15(17)18-2)6-3-7-14(11)16-12-5-4-9-19-10-8-12/h3,6-7,12,16H,4-5,8-10H2,1-2H3. The average molecular weight is 263 g/mol. The summed E-state index contributed by atoms with van der Waals surface area (Å²) in [4.78, 5) is 11.7. The van der Waals surface area contributed by atoms with Gasteiger partial charge in [-0.3, -0.25) is 0 Å². The summed E-state index contributed by atoms with van der Waals surface area (Å²) in [5.74, 6) is -0.287. The van der Waals surface area contributed by atoms with Gasteiger partial charge in [-0.1, -0.05) is 6.07 Å². The molecule has 4 nitrogen and oxygen atoms in total. The van der Waals surface area contributed by atoms with Crippen molar-refractivity contribution in [2.45, 2.75) is 32.2 Å². The largest absolute Gasteiger partial charge is 0.465 e. The molecule has 1 unspecified atom stereocenters. The van der Waals surface area contributed by atoms with E-state index in [9.17, 15) is 4.79 Å². The molecular weight excluding hydrogens is 242 g/mol. The molecule has 4 heteroatoms. The maximum Gasteiger partial charge on any atom is 0.338 e. The Kier molecular flexibility index (Phi) is 4.80. The van der Waals surface area contributed by atoms with E-state index in [1.54, 1.807) is 6.07 Å². The smallest absolute Gasteiger partial charge is 0.338 e. The third kappa shape index (κ3) is 3.47. The number of anilines is 1. The molecule has 1 aliphatic rings. The van der Waals surface area contributed by atoms with Gasteiger partial charge in [0.05, 0.1) is 12.7 Å². The molecule has 0 bridgehead atoms. The van der Waals surface area contributed by atoms with Crippen LogP contribution < -0.4 is 5.32 Å². The number of carbonyl (C=O) groups is 1. The summed E-state index contributed by atoms with van der Waals surface area (Å²) in [6.45, 7) is 3.59. The van der Waals surface area contributed by atoms with Gasteiger partial charge in [0, 0.05) is 24.9 Å². The second-order valence-corrected chi connectivity index (χ2v) is 4.85. The molecule has 0 aromatic heterocycles. The minimum absolute atomic E-state index is 0.287. The Hall–Kier alpha value is -1.55. The van der Waals surface area contributed by atoms with E-state index in [4.69, 9.17) is 9.47 Å². The maximum atomic E-state index is 11.7. The molecule has 1 heterocycles. The van der Waals surface area contributed by atoms with E-state index in [1.807, 2.05) is 19.1 Å². The van der Waals surface area contributed by atoms with Crippen LogP contribution in [0.1, 0.15) is 35.2 Å². The Labute approximate surface area is 114 Å². The van der Waals surface area contributed by atoms with Gasteiger partial charge in [-0.2, -0.15) is 0 Å². The second-order valence-electron chi connectivity index (χ2n) is 4.85. The van der Waals surface area contributed by atoms with Crippen LogP contribution in [-0.2, 0) is 9.47 Å². The average Bonchev–Trinajstić information content (AvgIpc) is 2.69. The zero-order chi connectivity index (χ0) is 13.7. The van der Waals surface area contributed by atoms with Crippen molar-refractivity contribution in [3.05, 3.63) is 29.3 Å². The highest BCUT2D eigenvalue weighted by molar-refractivity contribution is 5.92. The number of rotatable bonds is 3. The quantitative estimate of drug-likeness (QED) is 0.852. The summed E-state index contributed by atoms with van der Waals surface area (Å²) >= 11 is 0. The lowest BCUT2D eigenvalue weighted by Gasteiger charge is -2.19. The first kappa shape index (κ1) is 13.9. The third-order valence-corrected chi connectivity index (χ3v) is 3.55. The molecule has 1 saturated heterocycles. The Morgan fingerprint density at radius 3 is 3.00 bits per heavy atom. The van der Waals surface area contributed by atoms with Gasteiger partial charge in [0.15, 0.2) is 0 Å². The molecule has 104 valence electrons. The minimum Gasteiger partial charge on any atom is -0.465 e. The minimum atomic E-state index is -0.287. The van der Waals surface area contributed by atoms with E-state index in [1.165, 1.54) is 7.11 Å². The van der Waals surface area contributed by atoms with Crippen molar-refractivity contribution in [3.63, 3.8) is 0 Å². The van der Waals surface area contributed by atoms with Crippen LogP contribution in [0, 0.1) is 6.92 Å². The zero-order valence-corrected chi connectivity index (χ0v) is 11.6. The molecule has 0 saturated carbocycles. The second kappa shape index (κ2) is 6.57. The summed E-state index contributed by atoms with van der Waals surface area (Å²) in [6, 6.07) is 6.10. The molecule has 0 aliphatic carbocycles. The number of esters is 1. The SMILES string of the molecule is COC(=O)c1cccc(NC2CCCOCC2)c1C. The molecule has 2 rings (SSSR count).